The van der Waals surface area contributed by atoms with Crippen LogP contribution >= 0.6 is 0 Å². The van der Waals surface area contributed by atoms with Gasteiger partial charge in [0.25, 0.3) is 0 Å². The van der Waals surface area contributed by atoms with Gasteiger partial charge >= 0.3 is 19.3 Å². The van der Waals surface area contributed by atoms with E-state index in [1.54, 1.807) is 27.7 Å². The van der Waals surface area contributed by atoms with Crippen molar-refractivity contribution in [2.45, 2.75) is 57.3 Å². The molecule has 1 heterocycles. The molecule has 9 heteroatoms. The monoisotopic (exact) mass is 376 g/mol. The summed E-state index contributed by atoms with van der Waals surface area (Å²) in [7, 11) is 0.164. The number of carbonyl (C=O) groups excluding carboxylic acids is 1. The molecule has 4 nitrogen and oxygen atoms in total. The van der Waals surface area contributed by atoms with Gasteiger partial charge < -0.3 is 14.0 Å². The second-order valence-electron chi connectivity index (χ2n) is 7.25. The van der Waals surface area contributed by atoms with Crippen molar-refractivity contribution in [3.05, 3.63) is 35.1 Å². The number of rotatable bonds is 4. The highest BCUT2D eigenvalue weighted by atomic mass is 19.4. The predicted molar refractivity (Wildman–Crippen MR) is 86.9 cm³/mol. The topological polar surface area (TPSA) is 44.8 Å². The van der Waals surface area contributed by atoms with Gasteiger partial charge in [-0.2, -0.15) is 13.2 Å². The lowest BCUT2D eigenvalue weighted by Gasteiger charge is -2.32. The second-order valence-corrected chi connectivity index (χ2v) is 7.25. The van der Waals surface area contributed by atoms with Crippen LogP contribution in [0.4, 0.5) is 17.6 Å². The lowest BCUT2D eigenvalue weighted by atomic mass is 9.66. The lowest BCUT2D eigenvalue weighted by Crippen LogP contribution is -2.41. The quantitative estimate of drug-likeness (QED) is 0.451. The number of alkyl halides is 3. The maximum absolute atomic E-state index is 14.5. The van der Waals surface area contributed by atoms with Crippen LogP contribution in [0.2, 0.25) is 0 Å². The molecule has 1 unspecified atom stereocenters. The number of hydrogen-bond acceptors (Lipinski definition) is 4. The Hall–Kier alpha value is -1.61. The van der Waals surface area contributed by atoms with Crippen molar-refractivity contribution in [1.29, 1.82) is 0 Å². The first kappa shape index (κ1) is 20.7. The average Bonchev–Trinajstić information content (AvgIpc) is 2.72. The van der Waals surface area contributed by atoms with Crippen LogP contribution in [-0.2, 0) is 25.0 Å². The summed E-state index contributed by atoms with van der Waals surface area (Å²) in [5.74, 6) is -2.68. The Bertz CT molecular complexity index is 672. The molecule has 0 radical (unpaired) electrons. The molecule has 1 saturated heterocycles. The number of halogens is 4. The summed E-state index contributed by atoms with van der Waals surface area (Å²) >= 11 is 0. The number of carbonyl (C=O) groups is 1. The standard InChI is InChI=1S/C17H21BF4O4/c1-15(2)16(3,4)26-18(25-15)12(9-14(23)24-5)11-7-6-10(8-13(11)19)17(20,21)22/h6-8,12H,9H2,1-5H3. The summed E-state index contributed by atoms with van der Waals surface area (Å²) in [6, 6.07) is 2.19. The zero-order valence-electron chi connectivity index (χ0n) is 15.2. The first-order valence-corrected chi connectivity index (χ1v) is 8.07. The molecule has 2 rings (SSSR count). The summed E-state index contributed by atoms with van der Waals surface area (Å²) in [4.78, 5) is 11.8. The molecule has 0 amide bonds. The van der Waals surface area contributed by atoms with Crippen LogP contribution in [-0.4, -0.2) is 31.4 Å². The first-order valence-electron chi connectivity index (χ1n) is 8.07. The third-order valence-corrected chi connectivity index (χ3v) is 4.94. The average molecular weight is 376 g/mol. The molecule has 0 spiro atoms. The van der Waals surface area contributed by atoms with Gasteiger partial charge in [-0.1, -0.05) is 6.07 Å². The predicted octanol–water partition coefficient (Wildman–Crippen LogP) is 4.12. The van der Waals surface area contributed by atoms with Crippen LogP contribution in [0.3, 0.4) is 0 Å². The Morgan fingerprint density at radius 3 is 2.15 bits per heavy atom. The zero-order chi connectivity index (χ0) is 19.9. The van der Waals surface area contributed by atoms with Crippen LogP contribution in [0.15, 0.2) is 18.2 Å². The fourth-order valence-corrected chi connectivity index (χ4v) is 2.67. The van der Waals surface area contributed by atoms with Crippen molar-refractivity contribution in [3.8, 4) is 0 Å². The van der Waals surface area contributed by atoms with E-state index in [1.165, 1.54) is 7.11 Å². The summed E-state index contributed by atoms with van der Waals surface area (Å²) in [6.45, 7) is 7.13. The molecule has 0 bridgehead atoms. The van der Waals surface area contributed by atoms with E-state index in [0.717, 1.165) is 12.1 Å². The van der Waals surface area contributed by atoms with Crippen molar-refractivity contribution in [2.24, 2.45) is 0 Å². The lowest BCUT2D eigenvalue weighted by molar-refractivity contribution is -0.141. The van der Waals surface area contributed by atoms with E-state index < -0.39 is 47.7 Å². The number of methoxy groups -OCH3 is 1. The molecule has 1 aromatic rings. The van der Waals surface area contributed by atoms with Crippen LogP contribution in [0.25, 0.3) is 0 Å². The van der Waals surface area contributed by atoms with Gasteiger partial charge in [0.2, 0.25) is 0 Å². The summed E-state index contributed by atoms with van der Waals surface area (Å²) in [6.07, 6.45) is -4.96. The van der Waals surface area contributed by atoms with Gasteiger partial charge in [0.15, 0.2) is 0 Å². The molecular formula is C17H21BF4O4. The molecule has 1 aliphatic heterocycles. The Morgan fingerprint density at radius 2 is 1.73 bits per heavy atom. The molecule has 0 aliphatic carbocycles. The molecule has 144 valence electrons. The van der Waals surface area contributed by atoms with Crippen LogP contribution < -0.4 is 0 Å². The summed E-state index contributed by atoms with van der Waals surface area (Å²) < 4.78 is 69.1. The van der Waals surface area contributed by atoms with Crippen molar-refractivity contribution >= 4 is 13.1 Å². The Kier molecular flexibility index (Phi) is 5.45. The second kappa shape index (κ2) is 6.85. The first-order chi connectivity index (χ1) is 11.8. The van der Waals surface area contributed by atoms with E-state index in [4.69, 9.17) is 9.31 Å². The highest BCUT2D eigenvalue weighted by molar-refractivity contribution is 6.48. The van der Waals surface area contributed by atoms with Gasteiger partial charge in [-0.05, 0) is 45.4 Å². The van der Waals surface area contributed by atoms with E-state index >= 15 is 0 Å². The maximum atomic E-state index is 14.5. The number of benzene rings is 1. The van der Waals surface area contributed by atoms with Crippen LogP contribution in [0.1, 0.15) is 51.1 Å². The van der Waals surface area contributed by atoms with Gasteiger partial charge in [0, 0.05) is 5.82 Å². The zero-order valence-corrected chi connectivity index (χ0v) is 15.2. The van der Waals surface area contributed by atoms with Crippen molar-refractivity contribution in [2.75, 3.05) is 7.11 Å². The molecule has 26 heavy (non-hydrogen) atoms. The Balaban J connectivity index is 2.42. The number of ether oxygens (including phenoxy) is 1. The van der Waals surface area contributed by atoms with E-state index in [0.29, 0.717) is 6.07 Å². The molecule has 1 fully saturated rings. The highest BCUT2D eigenvalue weighted by Gasteiger charge is 2.54. The minimum absolute atomic E-state index is 0.0955. The normalized spacial score (nSPS) is 20.1. The van der Waals surface area contributed by atoms with Crippen LogP contribution in [0.5, 0.6) is 0 Å². The third-order valence-electron chi connectivity index (χ3n) is 4.94. The molecule has 0 N–H and O–H groups in total. The minimum atomic E-state index is -4.67. The number of hydrogen-bond donors (Lipinski definition) is 0. The molecule has 0 aromatic heterocycles. The van der Waals surface area contributed by atoms with Gasteiger partial charge in [-0.15, -0.1) is 0 Å². The fraction of sp³-hybridized carbons (Fsp3) is 0.588. The largest absolute Gasteiger partial charge is 0.469 e. The fourth-order valence-electron chi connectivity index (χ4n) is 2.67. The van der Waals surface area contributed by atoms with E-state index in [1.807, 2.05) is 0 Å². The van der Waals surface area contributed by atoms with Crippen LogP contribution in [0, 0.1) is 5.82 Å². The van der Waals surface area contributed by atoms with E-state index in [2.05, 4.69) is 4.74 Å². The number of esters is 1. The third kappa shape index (κ3) is 4.04. The maximum Gasteiger partial charge on any atom is 0.466 e. The Morgan fingerprint density at radius 1 is 1.19 bits per heavy atom. The molecule has 1 aliphatic rings. The van der Waals surface area contributed by atoms with Crippen molar-refractivity contribution in [3.63, 3.8) is 0 Å². The van der Waals surface area contributed by atoms with Crippen molar-refractivity contribution < 1.29 is 36.4 Å². The Labute approximate surface area is 149 Å². The SMILES string of the molecule is COC(=O)CC(B1OC(C)(C)C(C)(C)O1)c1ccc(C(F)(F)F)cc1F. The molecule has 1 atom stereocenters. The highest BCUT2D eigenvalue weighted by Crippen LogP contribution is 2.42. The molecule has 1 aromatic carbocycles. The molecule has 0 saturated carbocycles. The van der Waals surface area contributed by atoms with Gasteiger partial charge in [-0.25, -0.2) is 4.39 Å². The van der Waals surface area contributed by atoms with Gasteiger partial charge in [-0.3, -0.25) is 4.79 Å². The van der Waals surface area contributed by atoms with Gasteiger partial charge in [0.05, 0.1) is 30.3 Å². The van der Waals surface area contributed by atoms with E-state index in [-0.39, 0.29) is 12.0 Å². The summed E-state index contributed by atoms with van der Waals surface area (Å²) in [5, 5.41) is 0. The smallest absolute Gasteiger partial charge is 0.466 e. The minimum Gasteiger partial charge on any atom is -0.469 e. The summed E-state index contributed by atoms with van der Waals surface area (Å²) in [5.41, 5.74) is -2.69. The van der Waals surface area contributed by atoms with Crippen molar-refractivity contribution in [1.82, 2.24) is 0 Å². The molecular weight excluding hydrogens is 355 g/mol. The van der Waals surface area contributed by atoms with Gasteiger partial charge in [0.1, 0.15) is 5.82 Å². The van der Waals surface area contributed by atoms with E-state index in [9.17, 15) is 22.4 Å².